The first-order chi connectivity index (χ1) is 12.2. The van der Waals surface area contributed by atoms with Crippen molar-refractivity contribution < 1.29 is 9.53 Å². The number of hydrogen-bond acceptors (Lipinski definition) is 4. The fourth-order valence-corrected chi connectivity index (χ4v) is 4.78. The Labute approximate surface area is 156 Å². The van der Waals surface area contributed by atoms with Crippen molar-refractivity contribution in [2.24, 2.45) is 5.92 Å². The summed E-state index contributed by atoms with van der Waals surface area (Å²) < 4.78 is 6.67. The van der Waals surface area contributed by atoms with Crippen LogP contribution in [0.25, 0.3) is 0 Å². The summed E-state index contributed by atoms with van der Waals surface area (Å²) in [5.41, 5.74) is 0.846. The topological polar surface area (TPSA) is 32.8 Å². The first-order valence-corrected chi connectivity index (χ1v) is 9.88. The molecule has 4 heterocycles. The number of fused-ring (bicyclic) bond motifs is 3. The molecular formula is C19H21ClN2O2S. The summed E-state index contributed by atoms with van der Waals surface area (Å²) in [7, 11) is 0. The van der Waals surface area contributed by atoms with Gasteiger partial charge in [0.25, 0.3) is 0 Å². The molecule has 6 heteroatoms. The number of benzene rings is 1. The van der Waals surface area contributed by atoms with E-state index in [9.17, 15) is 4.79 Å². The van der Waals surface area contributed by atoms with Crippen LogP contribution >= 0.6 is 22.9 Å². The van der Waals surface area contributed by atoms with Crippen LogP contribution in [-0.4, -0.2) is 36.7 Å². The van der Waals surface area contributed by atoms with E-state index in [0.29, 0.717) is 12.5 Å². The lowest BCUT2D eigenvalue weighted by Gasteiger charge is -2.44. The van der Waals surface area contributed by atoms with Crippen molar-refractivity contribution in [1.29, 1.82) is 0 Å². The molecule has 0 spiro atoms. The fraction of sp³-hybridized carbons (Fsp3) is 0.421. The molecule has 3 saturated heterocycles. The largest absolute Gasteiger partial charge is 0.444 e. The van der Waals surface area contributed by atoms with Crippen LogP contribution in [0.3, 0.4) is 0 Å². The van der Waals surface area contributed by atoms with Crippen LogP contribution in [0.2, 0.25) is 4.34 Å². The molecule has 4 nitrogen and oxygen atoms in total. The second-order valence-corrected chi connectivity index (χ2v) is 8.49. The van der Waals surface area contributed by atoms with E-state index in [2.05, 4.69) is 4.90 Å². The van der Waals surface area contributed by atoms with E-state index >= 15 is 0 Å². The quantitative estimate of drug-likeness (QED) is 0.779. The van der Waals surface area contributed by atoms with Gasteiger partial charge in [0.1, 0.15) is 6.10 Å². The third kappa shape index (κ3) is 3.84. The first-order valence-electron chi connectivity index (χ1n) is 8.69. The third-order valence-electron chi connectivity index (χ3n) is 5.08. The summed E-state index contributed by atoms with van der Waals surface area (Å²) >= 11 is 7.54. The molecular weight excluding hydrogens is 356 g/mol. The molecule has 2 aromatic rings. The minimum atomic E-state index is -0.269. The maximum absolute atomic E-state index is 13.0. The molecule has 1 aromatic heterocycles. The third-order valence-corrected chi connectivity index (χ3v) is 6.30. The summed E-state index contributed by atoms with van der Waals surface area (Å²) in [4.78, 5) is 18.1. The Morgan fingerprint density at radius 2 is 1.96 bits per heavy atom. The van der Waals surface area contributed by atoms with Crippen LogP contribution in [0.1, 0.15) is 17.7 Å². The maximum atomic E-state index is 13.0. The number of carbonyl (C=O) groups excluding carboxylic acids is 1. The van der Waals surface area contributed by atoms with Gasteiger partial charge >= 0.3 is 6.09 Å². The highest BCUT2D eigenvalue weighted by atomic mass is 35.5. The molecule has 2 bridgehead atoms. The van der Waals surface area contributed by atoms with Gasteiger partial charge < -0.3 is 4.74 Å². The predicted molar refractivity (Wildman–Crippen MR) is 101 cm³/mol. The maximum Gasteiger partial charge on any atom is 0.414 e. The van der Waals surface area contributed by atoms with Crippen molar-refractivity contribution >= 4 is 34.7 Å². The summed E-state index contributed by atoms with van der Waals surface area (Å²) in [5.74, 6) is 0.503. The van der Waals surface area contributed by atoms with Gasteiger partial charge in [0.2, 0.25) is 0 Å². The Balaban J connectivity index is 1.51. The first kappa shape index (κ1) is 16.9. The van der Waals surface area contributed by atoms with Crippen molar-refractivity contribution in [3.63, 3.8) is 0 Å². The van der Waals surface area contributed by atoms with Gasteiger partial charge in [-0.2, -0.15) is 0 Å². The Hall–Kier alpha value is -1.56. The number of rotatable bonds is 4. The normalized spacial score (nSPS) is 24.9. The monoisotopic (exact) mass is 376 g/mol. The van der Waals surface area contributed by atoms with Crippen LogP contribution in [-0.2, 0) is 11.3 Å². The molecule has 0 aliphatic carbocycles. The Kier molecular flexibility index (Phi) is 4.97. The molecule has 1 amide bonds. The lowest BCUT2D eigenvalue weighted by Crippen LogP contribution is -2.53. The number of halogens is 1. The van der Waals surface area contributed by atoms with Crippen LogP contribution in [0.15, 0.2) is 42.5 Å². The number of carbonyl (C=O) groups is 1. The van der Waals surface area contributed by atoms with Gasteiger partial charge in [0, 0.05) is 17.1 Å². The second kappa shape index (κ2) is 7.36. The Morgan fingerprint density at radius 1 is 1.20 bits per heavy atom. The van der Waals surface area contributed by atoms with Crippen molar-refractivity contribution in [3.05, 3.63) is 51.7 Å². The highest BCUT2D eigenvalue weighted by molar-refractivity contribution is 7.16. The average molecular weight is 377 g/mol. The van der Waals surface area contributed by atoms with Crippen LogP contribution in [0.4, 0.5) is 10.5 Å². The zero-order chi connectivity index (χ0) is 17.2. The molecule has 0 radical (unpaired) electrons. The van der Waals surface area contributed by atoms with Gasteiger partial charge in [-0.05, 0) is 56.1 Å². The van der Waals surface area contributed by atoms with Crippen molar-refractivity contribution in [1.82, 2.24) is 4.90 Å². The summed E-state index contributed by atoms with van der Waals surface area (Å²) in [6.07, 6.45) is 2.00. The van der Waals surface area contributed by atoms with E-state index in [1.165, 1.54) is 11.3 Å². The summed E-state index contributed by atoms with van der Waals surface area (Å²) in [6, 6.07) is 13.5. The number of hydrogen-bond donors (Lipinski definition) is 0. The number of thiophene rings is 1. The Bertz CT molecular complexity index is 728. The van der Waals surface area contributed by atoms with Crippen LogP contribution in [0, 0.1) is 5.92 Å². The molecule has 0 saturated carbocycles. The van der Waals surface area contributed by atoms with E-state index in [-0.39, 0.29) is 12.2 Å². The van der Waals surface area contributed by atoms with Crippen LogP contribution < -0.4 is 4.90 Å². The molecule has 1 aromatic carbocycles. The molecule has 0 N–H and O–H groups in total. The Morgan fingerprint density at radius 3 is 2.56 bits per heavy atom. The van der Waals surface area contributed by atoms with Crippen molar-refractivity contribution in [3.8, 4) is 0 Å². The minimum Gasteiger partial charge on any atom is -0.444 e. The number of anilines is 1. The smallest absolute Gasteiger partial charge is 0.414 e. The molecule has 3 aliphatic heterocycles. The van der Waals surface area contributed by atoms with Gasteiger partial charge in [-0.25, -0.2) is 4.79 Å². The van der Waals surface area contributed by atoms with Gasteiger partial charge in [-0.3, -0.25) is 9.80 Å². The van der Waals surface area contributed by atoms with E-state index in [4.69, 9.17) is 16.3 Å². The SMILES string of the molecule is O=C(O[C@H]1CN2CCC1CC2)N(Cc1ccc(Cl)s1)c1ccccc1. The average Bonchev–Trinajstić information content (AvgIpc) is 3.06. The number of amides is 1. The van der Waals surface area contributed by atoms with E-state index in [1.54, 1.807) is 4.90 Å². The molecule has 3 aliphatic rings. The van der Waals surface area contributed by atoms with Gasteiger partial charge in [-0.15, -0.1) is 11.3 Å². The van der Waals surface area contributed by atoms with Crippen molar-refractivity contribution in [2.75, 3.05) is 24.5 Å². The summed E-state index contributed by atoms with van der Waals surface area (Å²) in [6.45, 7) is 3.61. The standard InChI is InChI=1S/C19H21ClN2O2S/c20-18-7-6-16(25-18)12-22(15-4-2-1-3-5-15)19(23)24-17-13-21-10-8-14(17)9-11-21/h1-7,14,17H,8-13H2/t17-/m0/s1. The molecule has 5 rings (SSSR count). The molecule has 0 unspecified atom stereocenters. The molecule has 1 atom stereocenters. The highest BCUT2D eigenvalue weighted by Crippen LogP contribution is 2.31. The molecule has 132 valence electrons. The van der Waals surface area contributed by atoms with Crippen LogP contribution in [0.5, 0.6) is 0 Å². The van der Waals surface area contributed by atoms with Gasteiger partial charge in [0.05, 0.1) is 10.9 Å². The molecule has 25 heavy (non-hydrogen) atoms. The fourth-order valence-electron chi connectivity index (χ4n) is 3.70. The number of para-hydroxylation sites is 1. The van der Waals surface area contributed by atoms with Gasteiger partial charge in [-0.1, -0.05) is 29.8 Å². The van der Waals surface area contributed by atoms with E-state index in [1.807, 2.05) is 42.5 Å². The predicted octanol–water partition coefficient (Wildman–Crippen LogP) is 4.64. The number of ether oxygens (including phenoxy) is 1. The van der Waals surface area contributed by atoms with E-state index in [0.717, 1.165) is 47.4 Å². The number of piperidine rings is 3. The zero-order valence-electron chi connectivity index (χ0n) is 13.9. The lowest BCUT2D eigenvalue weighted by molar-refractivity contribution is -0.0311. The lowest BCUT2D eigenvalue weighted by atomic mass is 9.86. The highest BCUT2D eigenvalue weighted by Gasteiger charge is 2.37. The second-order valence-electron chi connectivity index (χ2n) is 6.69. The number of nitrogens with zero attached hydrogens (tertiary/aromatic N) is 2. The minimum absolute atomic E-state index is 0.00753. The summed E-state index contributed by atoms with van der Waals surface area (Å²) in [5, 5.41) is 0. The van der Waals surface area contributed by atoms with Crippen molar-refractivity contribution in [2.45, 2.75) is 25.5 Å². The zero-order valence-corrected chi connectivity index (χ0v) is 15.5. The van der Waals surface area contributed by atoms with E-state index < -0.39 is 0 Å². The molecule has 3 fully saturated rings. The van der Waals surface area contributed by atoms with Gasteiger partial charge in [0.15, 0.2) is 0 Å².